The molecule has 1 atom stereocenters. The Balaban J connectivity index is 2.33. The standard InChI is InChI=1S/C15H25NO/c1-4-16-15(12-17-13(2)3)11-10-14-8-6-5-7-9-14/h5-9,13,15-16H,4,10-12H2,1-3H3. The van der Waals surface area contributed by atoms with Crippen molar-refractivity contribution in [1.82, 2.24) is 5.32 Å². The van der Waals surface area contributed by atoms with Crippen LogP contribution in [0, 0.1) is 0 Å². The molecule has 2 nitrogen and oxygen atoms in total. The predicted molar refractivity (Wildman–Crippen MR) is 73.3 cm³/mol. The normalized spacial score (nSPS) is 12.9. The van der Waals surface area contributed by atoms with E-state index in [1.807, 2.05) is 0 Å². The highest BCUT2D eigenvalue weighted by Gasteiger charge is 2.08. The van der Waals surface area contributed by atoms with Gasteiger partial charge in [-0.05, 0) is 38.8 Å². The molecule has 1 N–H and O–H groups in total. The number of hydrogen-bond acceptors (Lipinski definition) is 2. The number of hydrogen-bond donors (Lipinski definition) is 1. The first-order chi connectivity index (χ1) is 8.22. The first-order valence-electron chi connectivity index (χ1n) is 6.61. The molecule has 0 spiro atoms. The van der Waals surface area contributed by atoms with E-state index in [1.54, 1.807) is 0 Å². The lowest BCUT2D eigenvalue weighted by Crippen LogP contribution is -2.34. The van der Waals surface area contributed by atoms with Crippen molar-refractivity contribution >= 4 is 0 Å². The second-order valence-electron chi connectivity index (χ2n) is 4.66. The van der Waals surface area contributed by atoms with Gasteiger partial charge in [0.25, 0.3) is 0 Å². The summed E-state index contributed by atoms with van der Waals surface area (Å²) in [7, 11) is 0. The van der Waals surface area contributed by atoms with Gasteiger partial charge in [-0.3, -0.25) is 0 Å². The molecular formula is C15H25NO. The van der Waals surface area contributed by atoms with Crippen molar-refractivity contribution in [2.24, 2.45) is 0 Å². The van der Waals surface area contributed by atoms with Gasteiger partial charge >= 0.3 is 0 Å². The van der Waals surface area contributed by atoms with Gasteiger partial charge in [0.15, 0.2) is 0 Å². The third-order valence-corrected chi connectivity index (χ3v) is 2.75. The van der Waals surface area contributed by atoms with Crippen molar-refractivity contribution in [3.05, 3.63) is 35.9 Å². The van der Waals surface area contributed by atoms with Crippen LogP contribution < -0.4 is 5.32 Å². The molecule has 17 heavy (non-hydrogen) atoms. The van der Waals surface area contributed by atoms with Gasteiger partial charge in [0, 0.05) is 6.04 Å². The highest BCUT2D eigenvalue weighted by atomic mass is 16.5. The first-order valence-corrected chi connectivity index (χ1v) is 6.61. The van der Waals surface area contributed by atoms with Crippen molar-refractivity contribution in [3.8, 4) is 0 Å². The molecule has 0 heterocycles. The fraction of sp³-hybridized carbons (Fsp3) is 0.600. The van der Waals surface area contributed by atoms with E-state index >= 15 is 0 Å². The number of ether oxygens (including phenoxy) is 1. The van der Waals surface area contributed by atoms with Crippen LogP contribution in [0.1, 0.15) is 32.8 Å². The fourth-order valence-corrected chi connectivity index (χ4v) is 1.83. The van der Waals surface area contributed by atoms with E-state index in [0.29, 0.717) is 12.1 Å². The zero-order valence-electron chi connectivity index (χ0n) is 11.3. The first kappa shape index (κ1) is 14.2. The summed E-state index contributed by atoms with van der Waals surface area (Å²) in [5.74, 6) is 0. The summed E-state index contributed by atoms with van der Waals surface area (Å²) in [5, 5.41) is 3.48. The van der Waals surface area contributed by atoms with E-state index in [1.165, 1.54) is 5.56 Å². The molecule has 1 aromatic carbocycles. The van der Waals surface area contributed by atoms with Crippen molar-refractivity contribution < 1.29 is 4.74 Å². The second kappa shape index (κ2) is 8.26. The van der Waals surface area contributed by atoms with Gasteiger partial charge in [0.1, 0.15) is 0 Å². The highest BCUT2D eigenvalue weighted by molar-refractivity contribution is 5.14. The lowest BCUT2D eigenvalue weighted by molar-refractivity contribution is 0.0599. The summed E-state index contributed by atoms with van der Waals surface area (Å²) >= 11 is 0. The largest absolute Gasteiger partial charge is 0.377 e. The van der Waals surface area contributed by atoms with Crippen LogP contribution in [0.5, 0.6) is 0 Å². The van der Waals surface area contributed by atoms with E-state index in [0.717, 1.165) is 26.0 Å². The third kappa shape index (κ3) is 6.44. The van der Waals surface area contributed by atoms with Gasteiger partial charge in [0.05, 0.1) is 12.7 Å². The monoisotopic (exact) mass is 235 g/mol. The number of rotatable bonds is 8. The molecule has 1 unspecified atom stereocenters. The van der Waals surface area contributed by atoms with E-state index in [4.69, 9.17) is 4.74 Å². The number of likely N-dealkylation sites (N-methyl/N-ethyl adjacent to an activating group) is 1. The molecule has 0 aliphatic carbocycles. The van der Waals surface area contributed by atoms with E-state index in [9.17, 15) is 0 Å². The molecule has 1 rings (SSSR count). The van der Waals surface area contributed by atoms with Crippen LogP contribution in [0.2, 0.25) is 0 Å². The number of nitrogens with one attached hydrogen (secondary N) is 1. The lowest BCUT2D eigenvalue weighted by Gasteiger charge is -2.19. The van der Waals surface area contributed by atoms with Crippen molar-refractivity contribution in [2.45, 2.75) is 45.8 Å². The predicted octanol–water partition coefficient (Wildman–Crippen LogP) is 3.02. The summed E-state index contributed by atoms with van der Waals surface area (Å²) in [5.41, 5.74) is 1.40. The molecular weight excluding hydrogens is 210 g/mol. The summed E-state index contributed by atoms with van der Waals surface area (Å²) < 4.78 is 5.68. The number of benzene rings is 1. The Bertz CT molecular complexity index is 284. The van der Waals surface area contributed by atoms with Gasteiger partial charge in [-0.15, -0.1) is 0 Å². The average Bonchev–Trinajstić information content (AvgIpc) is 2.34. The van der Waals surface area contributed by atoms with Crippen LogP contribution in [0.15, 0.2) is 30.3 Å². The molecule has 0 aliphatic rings. The maximum absolute atomic E-state index is 5.68. The van der Waals surface area contributed by atoms with Crippen LogP contribution >= 0.6 is 0 Å². The lowest BCUT2D eigenvalue weighted by atomic mass is 10.1. The minimum atomic E-state index is 0.313. The molecule has 2 heteroatoms. The van der Waals surface area contributed by atoms with Crippen LogP contribution in [0.4, 0.5) is 0 Å². The van der Waals surface area contributed by atoms with Gasteiger partial charge in [0.2, 0.25) is 0 Å². The van der Waals surface area contributed by atoms with Gasteiger partial charge in [-0.2, -0.15) is 0 Å². The fourth-order valence-electron chi connectivity index (χ4n) is 1.83. The molecule has 0 saturated carbocycles. The molecule has 0 bridgehead atoms. The molecule has 1 aromatic rings. The Hall–Kier alpha value is -0.860. The Morgan fingerprint density at radius 1 is 1.18 bits per heavy atom. The third-order valence-electron chi connectivity index (χ3n) is 2.75. The topological polar surface area (TPSA) is 21.3 Å². The quantitative estimate of drug-likeness (QED) is 0.748. The van der Waals surface area contributed by atoms with Crippen LogP contribution in [0.3, 0.4) is 0 Å². The van der Waals surface area contributed by atoms with E-state index in [2.05, 4.69) is 56.4 Å². The maximum Gasteiger partial charge on any atom is 0.0623 e. The number of aryl methyl sites for hydroxylation is 1. The Labute approximate surface area is 105 Å². The highest BCUT2D eigenvalue weighted by Crippen LogP contribution is 2.06. The molecule has 0 aromatic heterocycles. The minimum Gasteiger partial charge on any atom is -0.377 e. The summed E-state index contributed by atoms with van der Waals surface area (Å²) in [4.78, 5) is 0. The summed E-state index contributed by atoms with van der Waals surface area (Å²) in [6.07, 6.45) is 2.55. The van der Waals surface area contributed by atoms with Gasteiger partial charge in [-0.25, -0.2) is 0 Å². The van der Waals surface area contributed by atoms with Crippen LogP contribution in [-0.4, -0.2) is 25.3 Å². The zero-order chi connectivity index (χ0) is 12.5. The molecule has 0 aliphatic heterocycles. The van der Waals surface area contributed by atoms with Crippen molar-refractivity contribution in [1.29, 1.82) is 0 Å². The zero-order valence-corrected chi connectivity index (χ0v) is 11.3. The van der Waals surface area contributed by atoms with E-state index < -0.39 is 0 Å². The summed E-state index contributed by atoms with van der Waals surface area (Å²) in [6.45, 7) is 8.12. The Kier molecular flexibility index (Phi) is 6.90. The minimum absolute atomic E-state index is 0.313. The molecule has 0 saturated heterocycles. The van der Waals surface area contributed by atoms with E-state index in [-0.39, 0.29) is 0 Å². The van der Waals surface area contributed by atoms with Crippen molar-refractivity contribution in [2.75, 3.05) is 13.2 Å². The average molecular weight is 235 g/mol. The smallest absolute Gasteiger partial charge is 0.0623 e. The summed E-state index contributed by atoms with van der Waals surface area (Å²) in [6, 6.07) is 11.1. The SMILES string of the molecule is CCNC(CCc1ccccc1)COC(C)C. The Morgan fingerprint density at radius 2 is 1.88 bits per heavy atom. The molecule has 0 radical (unpaired) electrons. The maximum atomic E-state index is 5.68. The van der Waals surface area contributed by atoms with Gasteiger partial charge in [-0.1, -0.05) is 37.3 Å². The molecule has 96 valence electrons. The van der Waals surface area contributed by atoms with Crippen LogP contribution in [-0.2, 0) is 11.2 Å². The Morgan fingerprint density at radius 3 is 2.47 bits per heavy atom. The van der Waals surface area contributed by atoms with Gasteiger partial charge < -0.3 is 10.1 Å². The molecule has 0 amide bonds. The molecule has 0 fully saturated rings. The second-order valence-corrected chi connectivity index (χ2v) is 4.66. The van der Waals surface area contributed by atoms with Crippen LogP contribution in [0.25, 0.3) is 0 Å². The van der Waals surface area contributed by atoms with Crippen molar-refractivity contribution in [3.63, 3.8) is 0 Å².